The van der Waals surface area contributed by atoms with Crippen LogP contribution >= 0.6 is 0 Å². The van der Waals surface area contributed by atoms with E-state index in [2.05, 4.69) is 29.3 Å². The molecule has 0 aromatic carbocycles. The quantitative estimate of drug-likeness (QED) is 0.314. The van der Waals surface area contributed by atoms with Crippen molar-refractivity contribution < 1.29 is 0 Å². The van der Waals surface area contributed by atoms with Gasteiger partial charge < -0.3 is 4.90 Å². The van der Waals surface area contributed by atoms with Crippen LogP contribution in [-0.4, -0.2) is 30.5 Å². The smallest absolute Gasteiger partial charge is 0.208 e. The molecule has 15 heavy (non-hydrogen) atoms. The lowest BCUT2D eigenvalue weighted by atomic mass is 9.86. The molecule has 0 aromatic heterocycles. The highest BCUT2D eigenvalue weighted by molar-refractivity contribution is 5.79. The van der Waals surface area contributed by atoms with Crippen molar-refractivity contribution in [1.82, 2.24) is 10.3 Å². The van der Waals surface area contributed by atoms with Crippen LogP contribution in [0.15, 0.2) is 4.99 Å². The van der Waals surface area contributed by atoms with Crippen LogP contribution < -0.4 is 11.3 Å². The highest BCUT2D eigenvalue weighted by Crippen LogP contribution is 2.26. The molecular weight excluding hydrogens is 188 g/mol. The number of hydrogen-bond donors (Lipinski definition) is 2. The molecule has 1 saturated carbocycles. The number of aliphatic imine (C=N–C) groups is 1. The number of hydrazine groups is 1. The van der Waals surface area contributed by atoms with Crippen LogP contribution in [0, 0.1) is 5.92 Å². The van der Waals surface area contributed by atoms with Crippen molar-refractivity contribution in [2.24, 2.45) is 16.8 Å². The molecule has 1 fully saturated rings. The Balaban J connectivity index is 2.57. The van der Waals surface area contributed by atoms with Crippen LogP contribution in [0.2, 0.25) is 0 Å². The third kappa shape index (κ3) is 3.38. The van der Waals surface area contributed by atoms with Gasteiger partial charge in [0.05, 0.1) is 0 Å². The molecule has 3 N–H and O–H groups in total. The van der Waals surface area contributed by atoms with Crippen molar-refractivity contribution in [2.45, 2.75) is 45.6 Å². The molecule has 88 valence electrons. The van der Waals surface area contributed by atoms with E-state index < -0.39 is 0 Å². The van der Waals surface area contributed by atoms with E-state index in [0.717, 1.165) is 18.4 Å². The summed E-state index contributed by atoms with van der Waals surface area (Å²) >= 11 is 0. The summed E-state index contributed by atoms with van der Waals surface area (Å²) in [5, 5.41) is 0. The van der Waals surface area contributed by atoms with Gasteiger partial charge in [0.25, 0.3) is 0 Å². The summed E-state index contributed by atoms with van der Waals surface area (Å²) in [4.78, 5) is 6.54. The van der Waals surface area contributed by atoms with Gasteiger partial charge in [-0.3, -0.25) is 10.4 Å². The molecular formula is C11H24N4. The van der Waals surface area contributed by atoms with Crippen molar-refractivity contribution in [3.05, 3.63) is 0 Å². The van der Waals surface area contributed by atoms with Crippen LogP contribution in [0.4, 0.5) is 0 Å². The van der Waals surface area contributed by atoms with Crippen LogP contribution in [-0.2, 0) is 0 Å². The first-order valence-electron chi connectivity index (χ1n) is 5.92. The summed E-state index contributed by atoms with van der Waals surface area (Å²) < 4.78 is 0. The average molecular weight is 212 g/mol. The second kappa shape index (κ2) is 5.95. The fourth-order valence-electron chi connectivity index (χ4n) is 2.34. The zero-order valence-corrected chi connectivity index (χ0v) is 10.2. The van der Waals surface area contributed by atoms with Gasteiger partial charge in [-0.15, -0.1) is 0 Å². The molecule has 0 bridgehead atoms. The SMILES string of the molecule is CCN=C(NN)N(C)C1CCCC(C)C1. The van der Waals surface area contributed by atoms with E-state index in [1.165, 1.54) is 25.7 Å². The van der Waals surface area contributed by atoms with Crippen molar-refractivity contribution in [3.8, 4) is 0 Å². The van der Waals surface area contributed by atoms with Crippen LogP contribution in [0.25, 0.3) is 0 Å². The number of nitrogens with two attached hydrogens (primary N) is 1. The molecule has 2 unspecified atom stereocenters. The molecule has 0 aromatic rings. The average Bonchev–Trinajstić information content (AvgIpc) is 2.25. The highest BCUT2D eigenvalue weighted by atomic mass is 15.4. The minimum Gasteiger partial charge on any atom is -0.342 e. The van der Waals surface area contributed by atoms with Gasteiger partial charge in [-0.2, -0.15) is 0 Å². The lowest BCUT2D eigenvalue weighted by Crippen LogP contribution is -2.48. The third-order valence-electron chi connectivity index (χ3n) is 3.23. The lowest BCUT2D eigenvalue weighted by Gasteiger charge is -2.35. The van der Waals surface area contributed by atoms with Crippen molar-refractivity contribution in [2.75, 3.05) is 13.6 Å². The normalized spacial score (nSPS) is 27.6. The molecule has 0 aliphatic heterocycles. The van der Waals surface area contributed by atoms with Gasteiger partial charge in [-0.25, -0.2) is 5.84 Å². The Hall–Kier alpha value is -0.770. The Labute approximate surface area is 92.9 Å². The molecule has 1 aliphatic rings. The first kappa shape index (κ1) is 12.3. The second-order valence-corrected chi connectivity index (χ2v) is 4.48. The second-order valence-electron chi connectivity index (χ2n) is 4.48. The summed E-state index contributed by atoms with van der Waals surface area (Å²) in [7, 11) is 2.08. The number of nitrogens with one attached hydrogen (secondary N) is 1. The molecule has 1 aliphatic carbocycles. The van der Waals surface area contributed by atoms with E-state index in [0.29, 0.717) is 6.04 Å². The summed E-state index contributed by atoms with van der Waals surface area (Å²) in [6.07, 6.45) is 5.19. The summed E-state index contributed by atoms with van der Waals surface area (Å²) in [6.45, 7) is 5.12. The number of nitrogens with zero attached hydrogens (tertiary/aromatic N) is 2. The molecule has 2 atom stereocenters. The molecule has 4 heteroatoms. The maximum Gasteiger partial charge on any atom is 0.208 e. The summed E-state index contributed by atoms with van der Waals surface area (Å²) in [5.41, 5.74) is 2.69. The van der Waals surface area contributed by atoms with Crippen molar-refractivity contribution in [1.29, 1.82) is 0 Å². The lowest BCUT2D eigenvalue weighted by molar-refractivity contribution is 0.227. The van der Waals surface area contributed by atoms with Gasteiger partial charge in [0.15, 0.2) is 0 Å². The number of hydrogen-bond acceptors (Lipinski definition) is 2. The molecule has 0 amide bonds. The highest BCUT2D eigenvalue weighted by Gasteiger charge is 2.23. The van der Waals surface area contributed by atoms with Crippen LogP contribution in [0.3, 0.4) is 0 Å². The van der Waals surface area contributed by atoms with E-state index in [1.807, 2.05) is 6.92 Å². The maximum atomic E-state index is 5.48. The largest absolute Gasteiger partial charge is 0.342 e. The zero-order valence-electron chi connectivity index (χ0n) is 10.2. The summed E-state index contributed by atoms with van der Waals surface area (Å²) in [5.74, 6) is 7.12. The fraction of sp³-hybridized carbons (Fsp3) is 0.909. The predicted molar refractivity (Wildman–Crippen MR) is 64.5 cm³/mol. The minimum absolute atomic E-state index is 0.593. The molecule has 1 rings (SSSR count). The zero-order chi connectivity index (χ0) is 11.3. The summed E-state index contributed by atoms with van der Waals surface area (Å²) in [6, 6.07) is 0.593. The number of rotatable bonds is 2. The number of guanidine groups is 1. The fourth-order valence-corrected chi connectivity index (χ4v) is 2.34. The Morgan fingerprint density at radius 1 is 1.53 bits per heavy atom. The molecule has 0 saturated heterocycles. The van der Waals surface area contributed by atoms with Gasteiger partial charge in [0.2, 0.25) is 5.96 Å². The van der Waals surface area contributed by atoms with E-state index in [4.69, 9.17) is 5.84 Å². The monoisotopic (exact) mass is 212 g/mol. The topological polar surface area (TPSA) is 53.6 Å². The minimum atomic E-state index is 0.593. The Morgan fingerprint density at radius 2 is 2.27 bits per heavy atom. The Bertz CT molecular complexity index is 215. The van der Waals surface area contributed by atoms with Crippen molar-refractivity contribution in [3.63, 3.8) is 0 Å². The van der Waals surface area contributed by atoms with Crippen molar-refractivity contribution >= 4 is 5.96 Å². The van der Waals surface area contributed by atoms with Gasteiger partial charge >= 0.3 is 0 Å². The van der Waals surface area contributed by atoms with Gasteiger partial charge in [-0.05, 0) is 25.7 Å². The Kier molecular flexibility index (Phi) is 4.88. The molecule has 4 nitrogen and oxygen atoms in total. The molecule has 0 heterocycles. The third-order valence-corrected chi connectivity index (χ3v) is 3.23. The van der Waals surface area contributed by atoms with Crippen LogP contribution in [0.5, 0.6) is 0 Å². The first-order valence-corrected chi connectivity index (χ1v) is 5.92. The standard InChI is InChI=1S/C11H24N4/c1-4-13-11(14-12)15(3)10-7-5-6-9(2)8-10/h9-10H,4-8,12H2,1-3H3,(H,13,14). The van der Waals surface area contributed by atoms with E-state index in [1.54, 1.807) is 0 Å². The Morgan fingerprint density at radius 3 is 2.80 bits per heavy atom. The van der Waals surface area contributed by atoms with E-state index >= 15 is 0 Å². The van der Waals surface area contributed by atoms with Gasteiger partial charge in [0, 0.05) is 19.6 Å². The van der Waals surface area contributed by atoms with Crippen LogP contribution in [0.1, 0.15) is 39.5 Å². The van der Waals surface area contributed by atoms with E-state index in [9.17, 15) is 0 Å². The van der Waals surface area contributed by atoms with Gasteiger partial charge in [-0.1, -0.05) is 19.8 Å². The van der Waals surface area contributed by atoms with E-state index in [-0.39, 0.29) is 0 Å². The molecule has 0 spiro atoms. The maximum absolute atomic E-state index is 5.48. The molecule has 0 radical (unpaired) electrons. The first-order chi connectivity index (χ1) is 7.19. The predicted octanol–water partition coefficient (Wildman–Crippen LogP) is 1.34. The van der Waals surface area contributed by atoms with Gasteiger partial charge in [0.1, 0.15) is 0 Å².